The number of terminal acetylenes is 1. The molecule has 0 saturated heterocycles. The lowest BCUT2D eigenvalue weighted by atomic mass is 10.0. The van der Waals surface area contributed by atoms with Crippen molar-refractivity contribution in [1.82, 2.24) is 0 Å². The molecule has 0 aliphatic carbocycles. The fourth-order valence-electron chi connectivity index (χ4n) is 1.12. The standard InChI is InChI=1S/C10H7F3O2S/c1-3-9(10(11,12)13,15-7(2)14)8-5-4-6-16-8/h1,4-6H,2H3/t9-/m0/s1. The highest BCUT2D eigenvalue weighted by Crippen LogP contribution is 2.43. The molecule has 2 nitrogen and oxygen atoms in total. The Morgan fingerprint density at radius 2 is 2.19 bits per heavy atom. The van der Waals surface area contributed by atoms with Gasteiger partial charge in [-0.05, 0) is 17.4 Å². The van der Waals surface area contributed by atoms with Gasteiger partial charge in [-0.3, -0.25) is 4.79 Å². The van der Waals surface area contributed by atoms with Crippen LogP contribution >= 0.6 is 11.3 Å². The Labute approximate surface area is 94.0 Å². The minimum atomic E-state index is -4.85. The fraction of sp³-hybridized carbons (Fsp3) is 0.300. The van der Waals surface area contributed by atoms with Gasteiger partial charge in [0.05, 0.1) is 4.88 Å². The SMILES string of the molecule is C#C[C@](OC(C)=O)(c1cccs1)C(F)(F)F. The molecule has 0 bridgehead atoms. The van der Waals surface area contributed by atoms with Crippen LogP contribution < -0.4 is 0 Å². The molecular formula is C10H7F3O2S. The Hall–Kier alpha value is -1.48. The van der Waals surface area contributed by atoms with Crippen molar-refractivity contribution in [2.24, 2.45) is 0 Å². The van der Waals surface area contributed by atoms with E-state index in [2.05, 4.69) is 4.74 Å². The van der Waals surface area contributed by atoms with Gasteiger partial charge in [0.15, 0.2) is 0 Å². The zero-order valence-electron chi connectivity index (χ0n) is 8.17. The molecule has 86 valence electrons. The van der Waals surface area contributed by atoms with E-state index in [1.165, 1.54) is 23.4 Å². The normalized spacial score (nSPS) is 14.9. The lowest BCUT2D eigenvalue weighted by Gasteiger charge is -2.28. The van der Waals surface area contributed by atoms with E-state index < -0.39 is 17.7 Å². The molecule has 1 aromatic rings. The van der Waals surface area contributed by atoms with Crippen LogP contribution in [0.25, 0.3) is 0 Å². The summed E-state index contributed by atoms with van der Waals surface area (Å²) in [7, 11) is 0. The number of ether oxygens (including phenoxy) is 1. The molecule has 0 spiro atoms. The van der Waals surface area contributed by atoms with E-state index in [0.29, 0.717) is 0 Å². The first-order valence-corrected chi connectivity index (χ1v) is 4.99. The molecule has 1 aromatic heterocycles. The van der Waals surface area contributed by atoms with Crippen molar-refractivity contribution in [3.8, 4) is 12.3 Å². The monoisotopic (exact) mass is 248 g/mol. The van der Waals surface area contributed by atoms with Crippen LogP contribution in [0, 0.1) is 12.3 Å². The Balaban J connectivity index is 3.32. The van der Waals surface area contributed by atoms with Crippen molar-refractivity contribution in [2.45, 2.75) is 18.7 Å². The predicted octanol–water partition coefficient (Wildman–Crippen LogP) is 2.70. The van der Waals surface area contributed by atoms with Gasteiger partial charge in [-0.15, -0.1) is 17.8 Å². The second kappa shape index (κ2) is 4.18. The zero-order valence-corrected chi connectivity index (χ0v) is 8.98. The topological polar surface area (TPSA) is 26.3 Å². The Bertz CT molecular complexity index is 416. The predicted molar refractivity (Wildman–Crippen MR) is 52.7 cm³/mol. The van der Waals surface area contributed by atoms with Crippen LogP contribution in [0.4, 0.5) is 13.2 Å². The summed E-state index contributed by atoms with van der Waals surface area (Å²) >= 11 is 0.784. The molecule has 1 heterocycles. The lowest BCUT2D eigenvalue weighted by Crippen LogP contribution is -2.44. The van der Waals surface area contributed by atoms with Crippen LogP contribution in [0.1, 0.15) is 11.8 Å². The summed E-state index contributed by atoms with van der Waals surface area (Å²) in [5, 5.41) is 1.43. The highest BCUT2D eigenvalue weighted by atomic mass is 32.1. The number of carbonyl (C=O) groups is 1. The minimum Gasteiger partial charge on any atom is -0.431 e. The van der Waals surface area contributed by atoms with Crippen LogP contribution in [0.3, 0.4) is 0 Å². The van der Waals surface area contributed by atoms with E-state index >= 15 is 0 Å². The highest BCUT2D eigenvalue weighted by Gasteiger charge is 2.59. The van der Waals surface area contributed by atoms with E-state index in [1.54, 1.807) is 0 Å². The number of hydrogen-bond acceptors (Lipinski definition) is 3. The van der Waals surface area contributed by atoms with Crippen molar-refractivity contribution in [3.05, 3.63) is 22.4 Å². The summed E-state index contributed by atoms with van der Waals surface area (Å²) in [4.78, 5) is 10.5. The van der Waals surface area contributed by atoms with Crippen molar-refractivity contribution in [1.29, 1.82) is 0 Å². The number of esters is 1. The largest absolute Gasteiger partial charge is 0.445 e. The van der Waals surface area contributed by atoms with Gasteiger partial charge in [0.25, 0.3) is 0 Å². The van der Waals surface area contributed by atoms with Crippen LogP contribution in [0.2, 0.25) is 0 Å². The van der Waals surface area contributed by atoms with Crippen molar-refractivity contribution >= 4 is 17.3 Å². The third-order valence-electron chi connectivity index (χ3n) is 1.77. The van der Waals surface area contributed by atoms with Gasteiger partial charge in [0, 0.05) is 6.92 Å². The highest BCUT2D eigenvalue weighted by molar-refractivity contribution is 7.10. The summed E-state index contributed by atoms with van der Waals surface area (Å²) in [6.07, 6.45) is 0.0439. The zero-order chi connectivity index (χ0) is 12.4. The number of halogens is 3. The smallest absolute Gasteiger partial charge is 0.431 e. The fourth-order valence-corrected chi connectivity index (χ4v) is 1.97. The average Bonchev–Trinajstić information content (AvgIpc) is 2.64. The molecule has 0 unspecified atom stereocenters. The molecule has 1 atom stereocenters. The maximum absolute atomic E-state index is 12.9. The summed E-state index contributed by atoms with van der Waals surface area (Å²) in [6, 6.07) is 2.59. The molecule has 0 amide bonds. The van der Waals surface area contributed by atoms with Crippen LogP contribution in [0.15, 0.2) is 17.5 Å². The molecule has 0 fully saturated rings. The molecule has 0 aliphatic rings. The van der Waals surface area contributed by atoms with Gasteiger partial charge in [-0.1, -0.05) is 6.07 Å². The van der Waals surface area contributed by atoms with E-state index in [9.17, 15) is 18.0 Å². The average molecular weight is 248 g/mol. The lowest BCUT2D eigenvalue weighted by molar-refractivity contribution is -0.251. The number of carbonyl (C=O) groups excluding carboxylic acids is 1. The van der Waals surface area contributed by atoms with Gasteiger partial charge in [0.1, 0.15) is 0 Å². The Morgan fingerprint density at radius 1 is 1.56 bits per heavy atom. The summed E-state index contributed by atoms with van der Waals surface area (Å²) in [5.74, 6) is 0.452. The molecule has 6 heteroatoms. The summed E-state index contributed by atoms with van der Waals surface area (Å²) < 4.78 is 43.0. The van der Waals surface area contributed by atoms with Crippen molar-refractivity contribution in [3.63, 3.8) is 0 Å². The van der Waals surface area contributed by atoms with Crippen molar-refractivity contribution < 1.29 is 22.7 Å². The van der Waals surface area contributed by atoms with Crippen LogP contribution in [0.5, 0.6) is 0 Å². The first-order chi connectivity index (χ1) is 7.33. The van der Waals surface area contributed by atoms with Crippen LogP contribution in [-0.4, -0.2) is 12.1 Å². The third kappa shape index (κ3) is 2.04. The van der Waals surface area contributed by atoms with Gasteiger partial charge in [-0.25, -0.2) is 0 Å². The number of alkyl halides is 3. The number of rotatable bonds is 2. The van der Waals surface area contributed by atoms with Gasteiger partial charge >= 0.3 is 17.7 Å². The summed E-state index contributed by atoms with van der Waals surface area (Å²) in [6.45, 7) is 0.880. The van der Waals surface area contributed by atoms with E-state index in [1.807, 2.05) is 0 Å². The first-order valence-electron chi connectivity index (χ1n) is 4.11. The van der Waals surface area contributed by atoms with Crippen molar-refractivity contribution in [2.75, 3.05) is 0 Å². The maximum Gasteiger partial charge on any atom is 0.445 e. The molecule has 0 saturated carbocycles. The Kier molecular flexibility index (Phi) is 3.29. The van der Waals surface area contributed by atoms with E-state index in [0.717, 1.165) is 18.3 Å². The third-order valence-corrected chi connectivity index (χ3v) is 2.74. The van der Waals surface area contributed by atoms with E-state index in [4.69, 9.17) is 6.42 Å². The number of hydrogen-bond donors (Lipinski definition) is 0. The Morgan fingerprint density at radius 3 is 2.50 bits per heavy atom. The first kappa shape index (κ1) is 12.6. The van der Waals surface area contributed by atoms with Gasteiger partial charge in [0.2, 0.25) is 0 Å². The van der Waals surface area contributed by atoms with Gasteiger partial charge in [-0.2, -0.15) is 13.2 Å². The quantitative estimate of drug-likeness (QED) is 0.594. The second-order valence-corrected chi connectivity index (χ2v) is 3.84. The van der Waals surface area contributed by atoms with Gasteiger partial charge < -0.3 is 4.74 Å². The molecule has 0 radical (unpaired) electrons. The minimum absolute atomic E-state index is 0.238. The van der Waals surface area contributed by atoms with Crippen LogP contribution in [-0.2, 0) is 15.1 Å². The molecule has 0 aliphatic heterocycles. The van der Waals surface area contributed by atoms with E-state index in [-0.39, 0.29) is 4.88 Å². The number of thiophene rings is 1. The molecule has 0 N–H and O–H groups in total. The summed E-state index contributed by atoms with van der Waals surface area (Å²) in [5.41, 5.74) is -2.98. The molecule has 0 aromatic carbocycles. The molecular weight excluding hydrogens is 241 g/mol. The molecule has 1 rings (SSSR count). The maximum atomic E-state index is 12.9. The second-order valence-electron chi connectivity index (χ2n) is 2.89. The molecule has 16 heavy (non-hydrogen) atoms.